The molecule has 6 atom stereocenters. The van der Waals surface area contributed by atoms with E-state index in [9.17, 15) is 43.2 Å². The van der Waals surface area contributed by atoms with E-state index in [0.29, 0.717) is 25.7 Å². The van der Waals surface area contributed by atoms with Gasteiger partial charge in [-0.1, -0.05) is 408 Å². The van der Waals surface area contributed by atoms with Crippen molar-refractivity contribution in [2.45, 2.75) is 477 Å². The SMILES string of the molecule is CCCCCCCCCCCCCCCCCCCCCC(=O)OC[C@H](COP(=O)(O)OC[C@@H](O)COP(=O)(O)OC[C@@H](COC(=O)CCCCCCCCCCCC)OC(=O)CCCCCCCCCCCCCC(C)C)OC(=O)CCCCCCCCCCCCCCCCCCCCC(C)CC. The molecule has 0 aliphatic rings. The number of phosphoric ester groups is 2. The summed E-state index contributed by atoms with van der Waals surface area (Å²) in [5.41, 5.74) is 0. The molecule has 0 fully saturated rings. The van der Waals surface area contributed by atoms with Crippen LogP contribution in [-0.4, -0.2) is 96.7 Å². The lowest BCUT2D eigenvalue weighted by atomic mass is 9.99. The van der Waals surface area contributed by atoms with Crippen LogP contribution in [0.2, 0.25) is 0 Å². The fourth-order valence-corrected chi connectivity index (χ4v) is 15.0. The van der Waals surface area contributed by atoms with Crippen LogP contribution in [0.15, 0.2) is 0 Å². The molecule has 0 bridgehead atoms. The van der Waals surface area contributed by atoms with Crippen molar-refractivity contribution in [3.63, 3.8) is 0 Å². The molecule has 0 saturated heterocycles. The molecule has 3 N–H and O–H groups in total. The monoisotopic (exact) mass is 1540 g/mol. The summed E-state index contributed by atoms with van der Waals surface area (Å²) in [6.45, 7) is 9.73. The van der Waals surface area contributed by atoms with Gasteiger partial charge in [-0.15, -0.1) is 0 Å². The van der Waals surface area contributed by atoms with E-state index in [-0.39, 0.29) is 25.7 Å². The van der Waals surface area contributed by atoms with Gasteiger partial charge in [-0.25, -0.2) is 9.13 Å². The lowest BCUT2D eigenvalue weighted by molar-refractivity contribution is -0.161. The van der Waals surface area contributed by atoms with E-state index in [0.717, 1.165) is 102 Å². The summed E-state index contributed by atoms with van der Waals surface area (Å²) in [4.78, 5) is 73.2. The smallest absolute Gasteiger partial charge is 0.462 e. The van der Waals surface area contributed by atoms with Crippen molar-refractivity contribution in [1.29, 1.82) is 0 Å². The van der Waals surface area contributed by atoms with Crippen molar-refractivity contribution in [1.82, 2.24) is 0 Å². The topological polar surface area (TPSA) is 237 Å². The number of carbonyl (C=O) groups excluding carboxylic acids is 4. The van der Waals surface area contributed by atoms with E-state index in [2.05, 4.69) is 41.5 Å². The van der Waals surface area contributed by atoms with Crippen molar-refractivity contribution in [3.8, 4) is 0 Å². The van der Waals surface area contributed by atoms with Gasteiger partial charge in [-0.2, -0.15) is 0 Å². The first-order chi connectivity index (χ1) is 50.9. The van der Waals surface area contributed by atoms with Crippen LogP contribution in [-0.2, 0) is 65.4 Å². The molecule has 105 heavy (non-hydrogen) atoms. The molecule has 0 aliphatic carbocycles. The van der Waals surface area contributed by atoms with Gasteiger partial charge in [0.15, 0.2) is 12.2 Å². The fourth-order valence-electron chi connectivity index (χ4n) is 13.4. The van der Waals surface area contributed by atoms with E-state index in [1.54, 1.807) is 0 Å². The van der Waals surface area contributed by atoms with Crippen molar-refractivity contribution in [3.05, 3.63) is 0 Å². The maximum absolute atomic E-state index is 13.1. The Morgan fingerprint density at radius 2 is 0.486 bits per heavy atom. The molecule has 0 heterocycles. The highest BCUT2D eigenvalue weighted by Gasteiger charge is 2.30. The predicted molar refractivity (Wildman–Crippen MR) is 432 cm³/mol. The number of rotatable bonds is 85. The summed E-state index contributed by atoms with van der Waals surface area (Å²) in [5.74, 6) is -0.466. The van der Waals surface area contributed by atoms with Gasteiger partial charge in [-0.3, -0.25) is 37.3 Å². The predicted octanol–water partition coefficient (Wildman–Crippen LogP) is 26.2. The number of unbranched alkanes of at least 4 members (excludes halogenated alkanes) is 54. The molecule has 624 valence electrons. The largest absolute Gasteiger partial charge is 0.472 e. The number of phosphoric acid groups is 2. The van der Waals surface area contributed by atoms with Crippen molar-refractivity contribution in [2.24, 2.45) is 11.8 Å². The molecule has 0 aliphatic heterocycles. The van der Waals surface area contributed by atoms with Crippen LogP contribution < -0.4 is 0 Å². The molecule has 0 aromatic carbocycles. The fraction of sp³-hybridized carbons (Fsp3) is 0.953. The first kappa shape index (κ1) is 103. The summed E-state index contributed by atoms with van der Waals surface area (Å²) >= 11 is 0. The van der Waals surface area contributed by atoms with Crippen LogP contribution >= 0.6 is 15.6 Å². The van der Waals surface area contributed by atoms with Crippen molar-refractivity contribution in [2.75, 3.05) is 39.6 Å². The highest BCUT2D eigenvalue weighted by Crippen LogP contribution is 2.45. The lowest BCUT2D eigenvalue weighted by Crippen LogP contribution is -2.30. The molecular formula is C86H168O17P2. The second-order valence-corrected chi connectivity index (χ2v) is 34.6. The first-order valence-electron chi connectivity index (χ1n) is 44.5. The van der Waals surface area contributed by atoms with Gasteiger partial charge in [0.2, 0.25) is 0 Å². The maximum Gasteiger partial charge on any atom is 0.472 e. The third-order valence-corrected chi connectivity index (χ3v) is 22.5. The Morgan fingerprint density at radius 1 is 0.276 bits per heavy atom. The summed E-state index contributed by atoms with van der Waals surface area (Å²) in [6.07, 6.45) is 69.4. The van der Waals surface area contributed by atoms with E-state index in [4.69, 9.17) is 37.0 Å². The molecule has 0 rings (SSSR count). The number of carbonyl (C=O) groups is 4. The minimum Gasteiger partial charge on any atom is -0.462 e. The molecule has 0 saturated carbocycles. The van der Waals surface area contributed by atoms with Gasteiger partial charge in [0, 0.05) is 25.7 Å². The standard InChI is InChI=1S/C86H168O17P2/c1-7-10-12-14-16-18-20-21-22-23-24-28-31-34-39-45-51-57-63-69-84(89)97-75-82(102-85(90)70-64-58-52-46-40-35-32-29-26-25-27-30-33-38-43-49-55-61-67-79(6)9-3)77-101-105(94,95)99-73-80(87)72-98-104(92,93)100-76-81(74-96-83(88)68-62-56-50-44-19-17-15-13-11-8-2)103-86(91)71-65-59-53-47-41-36-37-42-48-54-60-66-78(4)5/h78-82,87H,7-77H2,1-6H3,(H,92,93)(H,94,95)/t79?,80-,81+,82+/m0/s1. The maximum atomic E-state index is 13.1. The summed E-state index contributed by atoms with van der Waals surface area (Å²) in [7, 11) is -9.93. The minimum atomic E-state index is -4.97. The third kappa shape index (κ3) is 78.5. The highest BCUT2D eigenvalue weighted by atomic mass is 31.2. The van der Waals surface area contributed by atoms with Gasteiger partial charge < -0.3 is 33.8 Å². The second-order valence-electron chi connectivity index (χ2n) is 31.6. The van der Waals surface area contributed by atoms with Gasteiger partial charge in [0.05, 0.1) is 26.4 Å². The summed E-state index contributed by atoms with van der Waals surface area (Å²) in [5, 5.41) is 10.7. The molecule has 3 unspecified atom stereocenters. The van der Waals surface area contributed by atoms with Crippen LogP contribution in [0, 0.1) is 11.8 Å². The molecule has 19 heteroatoms. The first-order valence-corrected chi connectivity index (χ1v) is 47.5. The Hall–Kier alpha value is -1.94. The van der Waals surface area contributed by atoms with Crippen LogP contribution in [0.1, 0.15) is 459 Å². The molecule has 0 spiro atoms. The quantitative estimate of drug-likeness (QED) is 0.0222. The zero-order valence-corrected chi connectivity index (χ0v) is 70.8. The zero-order valence-electron chi connectivity index (χ0n) is 69.0. The number of aliphatic hydroxyl groups excluding tert-OH is 1. The van der Waals surface area contributed by atoms with Crippen LogP contribution in [0.4, 0.5) is 0 Å². The van der Waals surface area contributed by atoms with E-state index in [1.807, 2.05) is 0 Å². The number of ether oxygens (including phenoxy) is 4. The van der Waals surface area contributed by atoms with E-state index < -0.39 is 97.5 Å². The van der Waals surface area contributed by atoms with Crippen molar-refractivity contribution < 1.29 is 80.2 Å². The number of hydrogen-bond donors (Lipinski definition) is 3. The summed E-state index contributed by atoms with van der Waals surface area (Å²) in [6, 6.07) is 0. The lowest BCUT2D eigenvalue weighted by Gasteiger charge is -2.21. The molecule has 0 aromatic heterocycles. The average molecular weight is 1540 g/mol. The van der Waals surface area contributed by atoms with Crippen molar-refractivity contribution >= 4 is 39.5 Å². The van der Waals surface area contributed by atoms with Gasteiger partial charge in [-0.05, 0) is 37.5 Å². The normalized spacial score (nSPS) is 14.1. The Morgan fingerprint density at radius 3 is 0.724 bits per heavy atom. The number of aliphatic hydroxyl groups is 1. The van der Waals surface area contributed by atoms with E-state index >= 15 is 0 Å². The average Bonchev–Trinajstić information content (AvgIpc) is 0.907. The number of esters is 4. The van der Waals surface area contributed by atoms with Gasteiger partial charge in [0.1, 0.15) is 19.3 Å². The highest BCUT2D eigenvalue weighted by molar-refractivity contribution is 7.47. The Balaban J connectivity index is 5.21. The van der Waals surface area contributed by atoms with Crippen LogP contribution in [0.25, 0.3) is 0 Å². The minimum absolute atomic E-state index is 0.107. The summed E-state index contributed by atoms with van der Waals surface area (Å²) < 4.78 is 68.9. The second kappa shape index (κ2) is 77.4. The van der Waals surface area contributed by atoms with Crippen LogP contribution in [0.5, 0.6) is 0 Å². The van der Waals surface area contributed by atoms with Crippen LogP contribution in [0.3, 0.4) is 0 Å². The zero-order chi connectivity index (χ0) is 77.1. The molecular weight excluding hydrogens is 1370 g/mol. The third-order valence-electron chi connectivity index (χ3n) is 20.6. The molecule has 0 aromatic rings. The Bertz CT molecular complexity index is 2010. The van der Waals surface area contributed by atoms with E-state index in [1.165, 1.54) is 276 Å². The molecule has 0 amide bonds. The molecule has 17 nitrogen and oxygen atoms in total. The van der Waals surface area contributed by atoms with Gasteiger partial charge in [0.25, 0.3) is 0 Å². The number of hydrogen-bond acceptors (Lipinski definition) is 15. The Labute approximate surface area is 645 Å². The Kier molecular flexibility index (Phi) is 76.0. The molecule has 0 radical (unpaired) electrons. The van der Waals surface area contributed by atoms with Gasteiger partial charge >= 0.3 is 39.5 Å².